The molecule has 0 aliphatic carbocycles. The van der Waals surface area contributed by atoms with Gasteiger partial charge in [0.15, 0.2) is 0 Å². The number of rotatable bonds is 6. The molecule has 0 unspecified atom stereocenters. The topological polar surface area (TPSA) is 18.5 Å². The smallest absolute Gasteiger partial charge is 0.126 e. The minimum Gasteiger partial charge on any atom is -0.496 e. The third-order valence-electron chi connectivity index (χ3n) is 6.10. The zero-order chi connectivity index (χ0) is 23.3. The first kappa shape index (κ1) is 21.5. The maximum Gasteiger partial charge on any atom is 0.126 e. The molecular formula is C32H26O2. The van der Waals surface area contributed by atoms with Crippen LogP contribution in [0.4, 0.5) is 0 Å². The van der Waals surface area contributed by atoms with Crippen LogP contribution in [0.25, 0.3) is 45.8 Å². The van der Waals surface area contributed by atoms with Crippen molar-refractivity contribution in [3.63, 3.8) is 0 Å². The Hall–Kier alpha value is -4.30. The van der Waals surface area contributed by atoms with Crippen LogP contribution >= 0.6 is 0 Å². The lowest BCUT2D eigenvalue weighted by atomic mass is 10.0. The summed E-state index contributed by atoms with van der Waals surface area (Å²) in [7, 11) is 3.43. The molecule has 166 valence electrons. The highest BCUT2D eigenvalue weighted by Gasteiger charge is 2.06. The van der Waals surface area contributed by atoms with Crippen molar-refractivity contribution in [3.8, 4) is 11.5 Å². The molecule has 2 nitrogen and oxygen atoms in total. The van der Waals surface area contributed by atoms with Gasteiger partial charge in [-0.15, -0.1) is 0 Å². The summed E-state index contributed by atoms with van der Waals surface area (Å²) in [4.78, 5) is 0. The largest absolute Gasteiger partial charge is 0.496 e. The molecule has 0 saturated heterocycles. The van der Waals surface area contributed by atoms with E-state index in [1.165, 1.54) is 21.5 Å². The maximum atomic E-state index is 5.64. The second-order valence-corrected chi connectivity index (χ2v) is 8.14. The molecule has 34 heavy (non-hydrogen) atoms. The van der Waals surface area contributed by atoms with Crippen LogP contribution in [0.2, 0.25) is 0 Å². The quantitative estimate of drug-likeness (QED) is 0.246. The van der Waals surface area contributed by atoms with E-state index in [1.54, 1.807) is 14.2 Å². The van der Waals surface area contributed by atoms with Crippen molar-refractivity contribution in [3.05, 3.63) is 119 Å². The first-order valence-electron chi connectivity index (χ1n) is 11.3. The molecule has 0 heterocycles. The van der Waals surface area contributed by atoms with Gasteiger partial charge in [-0.2, -0.15) is 0 Å². The molecule has 2 heteroatoms. The first-order chi connectivity index (χ1) is 16.8. The van der Waals surface area contributed by atoms with Crippen molar-refractivity contribution < 1.29 is 9.47 Å². The van der Waals surface area contributed by atoms with Gasteiger partial charge in [0.05, 0.1) is 14.2 Å². The molecule has 0 bridgehead atoms. The highest BCUT2D eigenvalue weighted by molar-refractivity contribution is 5.96. The molecule has 0 saturated carbocycles. The Morgan fingerprint density at radius 1 is 0.471 bits per heavy atom. The van der Waals surface area contributed by atoms with E-state index in [4.69, 9.17) is 9.47 Å². The van der Waals surface area contributed by atoms with Crippen LogP contribution in [0.3, 0.4) is 0 Å². The molecule has 0 aliphatic heterocycles. The van der Waals surface area contributed by atoms with Gasteiger partial charge in [-0.1, -0.05) is 103 Å². The zero-order valence-electron chi connectivity index (χ0n) is 19.4. The van der Waals surface area contributed by atoms with Gasteiger partial charge in [0.1, 0.15) is 11.5 Å². The van der Waals surface area contributed by atoms with E-state index in [9.17, 15) is 0 Å². The van der Waals surface area contributed by atoms with E-state index < -0.39 is 0 Å². The third kappa shape index (κ3) is 4.31. The Bertz CT molecular complexity index is 1410. The summed E-state index contributed by atoms with van der Waals surface area (Å²) >= 11 is 0. The summed E-state index contributed by atoms with van der Waals surface area (Å²) in [5, 5.41) is 4.75. The molecule has 0 N–H and O–H groups in total. The maximum absolute atomic E-state index is 5.64. The van der Waals surface area contributed by atoms with Gasteiger partial charge in [0, 0.05) is 11.1 Å². The van der Waals surface area contributed by atoms with Crippen LogP contribution in [0.5, 0.6) is 11.5 Å². The number of benzene rings is 5. The number of fused-ring (bicyclic) bond motifs is 2. The molecule has 5 aromatic carbocycles. The standard InChI is InChI=1S/C32H26O2/c1-33-31-20-16-25-10-3-5-12-27(25)29(31)18-14-23-8-7-9-24(22-23)15-19-30-28-13-6-4-11-26(28)17-21-32(30)34-2/h3-22H,1-2H3. The molecule has 5 rings (SSSR count). The minimum absolute atomic E-state index is 0.869. The van der Waals surface area contributed by atoms with Crippen LogP contribution in [0.15, 0.2) is 97.1 Å². The van der Waals surface area contributed by atoms with E-state index in [0.29, 0.717) is 0 Å². The van der Waals surface area contributed by atoms with Gasteiger partial charge >= 0.3 is 0 Å². The summed E-state index contributed by atoms with van der Waals surface area (Å²) in [5.41, 5.74) is 4.42. The van der Waals surface area contributed by atoms with Crippen molar-refractivity contribution >= 4 is 45.8 Å². The van der Waals surface area contributed by atoms with Crippen molar-refractivity contribution in [1.82, 2.24) is 0 Å². The number of hydrogen-bond donors (Lipinski definition) is 0. The van der Waals surface area contributed by atoms with E-state index in [2.05, 4.69) is 109 Å². The van der Waals surface area contributed by atoms with E-state index in [-0.39, 0.29) is 0 Å². The molecule has 0 atom stereocenters. The predicted molar refractivity (Wildman–Crippen MR) is 145 cm³/mol. The summed E-state index contributed by atoms with van der Waals surface area (Å²) in [5.74, 6) is 1.74. The third-order valence-corrected chi connectivity index (χ3v) is 6.10. The van der Waals surface area contributed by atoms with Crippen LogP contribution in [0, 0.1) is 0 Å². The Balaban J connectivity index is 1.48. The first-order valence-corrected chi connectivity index (χ1v) is 11.3. The van der Waals surface area contributed by atoms with Gasteiger partial charge in [-0.3, -0.25) is 0 Å². The van der Waals surface area contributed by atoms with Gasteiger partial charge < -0.3 is 9.47 Å². The monoisotopic (exact) mass is 442 g/mol. The second-order valence-electron chi connectivity index (χ2n) is 8.14. The fraction of sp³-hybridized carbons (Fsp3) is 0.0625. The van der Waals surface area contributed by atoms with E-state index in [1.807, 2.05) is 12.1 Å². The van der Waals surface area contributed by atoms with Crippen molar-refractivity contribution in [2.45, 2.75) is 0 Å². The van der Waals surface area contributed by atoms with Gasteiger partial charge in [0.2, 0.25) is 0 Å². The fourth-order valence-corrected chi connectivity index (χ4v) is 4.38. The average molecular weight is 443 g/mol. The highest BCUT2D eigenvalue weighted by Crippen LogP contribution is 2.31. The second kappa shape index (κ2) is 9.68. The lowest BCUT2D eigenvalue weighted by Gasteiger charge is -2.09. The summed E-state index contributed by atoms with van der Waals surface area (Å²) in [6.07, 6.45) is 8.55. The van der Waals surface area contributed by atoms with Gasteiger partial charge in [-0.25, -0.2) is 0 Å². The summed E-state index contributed by atoms with van der Waals surface area (Å²) in [6, 6.07) is 33.5. The molecule has 0 aliphatic rings. The lowest BCUT2D eigenvalue weighted by molar-refractivity contribution is 0.414. The van der Waals surface area contributed by atoms with E-state index in [0.717, 1.165) is 33.8 Å². The zero-order valence-corrected chi connectivity index (χ0v) is 19.4. The Morgan fingerprint density at radius 3 is 1.41 bits per heavy atom. The van der Waals surface area contributed by atoms with E-state index >= 15 is 0 Å². The molecule has 5 aromatic rings. The number of methoxy groups -OCH3 is 2. The highest BCUT2D eigenvalue weighted by atomic mass is 16.5. The van der Waals surface area contributed by atoms with Crippen molar-refractivity contribution in [1.29, 1.82) is 0 Å². The molecular weight excluding hydrogens is 416 g/mol. The van der Waals surface area contributed by atoms with Crippen LogP contribution < -0.4 is 9.47 Å². The lowest BCUT2D eigenvalue weighted by Crippen LogP contribution is -1.88. The molecule has 0 amide bonds. The number of ether oxygens (including phenoxy) is 2. The normalized spacial score (nSPS) is 11.6. The Kier molecular flexibility index (Phi) is 6.13. The predicted octanol–water partition coefficient (Wildman–Crippen LogP) is 8.35. The Labute approximate surface area is 200 Å². The van der Waals surface area contributed by atoms with Crippen LogP contribution in [0.1, 0.15) is 22.3 Å². The van der Waals surface area contributed by atoms with Crippen LogP contribution in [-0.2, 0) is 0 Å². The molecule has 0 radical (unpaired) electrons. The molecule has 0 spiro atoms. The van der Waals surface area contributed by atoms with Gasteiger partial charge in [0.25, 0.3) is 0 Å². The summed E-state index contributed by atoms with van der Waals surface area (Å²) < 4.78 is 11.3. The Morgan fingerprint density at radius 2 is 0.941 bits per heavy atom. The van der Waals surface area contributed by atoms with Crippen LogP contribution in [-0.4, -0.2) is 14.2 Å². The average Bonchev–Trinajstić information content (AvgIpc) is 2.90. The molecule has 0 aromatic heterocycles. The van der Waals surface area contributed by atoms with Gasteiger partial charge in [-0.05, 0) is 50.9 Å². The minimum atomic E-state index is 0.869. The fourth-order valence-electron chi connectivity index (χ4n) is 4.38. The summed E-state index contributed by atoms with van der Waals surface area (Å²) in [6.45, 7) is 0. The SMILES string of the molecule is COc1ccc2ccccc2c1C=Cc1cccc(C=Cc2c(OC)ccc3ccccc23)c1. The van der Waals surface area contributed by atoms with Crippen molar-refractivity contribution in [2.24, 2.45) is 0 Å². The number of hydrogen-bond acceptors (Lipinski definition) is 2. The van der Waals surface area contributed by atoms with Crippen molar-refractivity contribution in [2.75, 3.05) is 14.2 Å². The molecule has 0 fully saturated rings.